The lowest BCUT2D eigenvalue weighted by atomic mass is 10.0. The first-order chi connectivity index (χ1) is 13.7. The van der Waals surface area contributed by atoms with Gasteiger partial charge in [-0.15, -0.1) is 5.10 Å². The fourth-order valence-electron chi connectivity index (χ4n) is 3.78. The van der Waals surface area contributed by atoms with Crippen LogP contribution in [0.4, 0.5) is 4.39 Å². The summed E-state index contributed by atoms with van der Waals surface area (Å²) in [5.74, 6) is 0.581. The van der Waals surface area contributed by atoms with Crippen molar-refractivity contribution in [3.8, 4) is 0 Å². The Morgan fingerprint density at radius 1 is 0.964 bits per heavy atom. The third-order valence-corrected chi connectivity index (χ3v) is 5.38. The van der Waals surface area contributed by atoms with Gasteiger partial charge in [0.1, 0.15) is 5.82 Å². The normalized spacial score (nSPS) is 16.9. The smallest absolute Gasteiger partial charge is 0.173 e. The Hall–Kier alpha value is -2.64. The summed E-state index contributed by atoms with van der Waals surface area (Å²) in [5, 5.41) is 12.6. The van der Waals surface area contributed by atoms with Crippen LogP contribution in [-0.2, 0) is 6.54 Å². The van der Waals surface area contributed by atoms with Crippen molar-refractivity contribution < 1.29 is 4.39 Å². The number of piperazine rings is 1. The second kappa shape index (κ2) is 8.58. The third-order valence-electron chi connectivity index (χ3n) is 5.38. The number of hydrogen-bond donors (Lipinski definition) is 0. The second-order valence-electron chi connectivity index (χ2n) is 7.10. The van der Waals surface area contributed by atoms with E-state index in [4.69, 9.17) is 0 Å². The van der Waals surface area contributed by atoms with Gasteiger partial charge in [-0.3, -0.25) is 4.90 Å². The van der Waals surface area contributed by atoms with E-state index in [1.165, 1.54) is 17.7 Å². The summed E-state index contributed by atoms with van der Waals surface area (Å²) in [6, 6.07) is 16.9. The van der Waals surface area contributed by atoms with Crippen LogP contribution in [0.5, 0.6) is 0 Å². The molecule has 1 aromatic heterocycles. The molecule has 146 valence electrons. The van der Waals surface area contributed by atoms with E-state index in [1.807, 2.05) is 10.7 Å². The minimum Gasteiger partial charge on any atom is -0.301 e. The fraction of sp³-hybridized carbons (Fsp3) is 0.381. The van der Waals surface area contributed by atoms with Crippen LogP contribution in [0.25, 0.3) is 0 Å². The number of halogens is 1. The van der Waals surface area contributed by atoms with E-state index < -0.39 is 0 Å². The van der Waals surface area contributed by atoms with Crippen molar-refractivity contribution >= 4 is 0 Å². The fourth-order valence-corrected chi connectivity index (χ4v) is 3.78. The summed E-state index contributed by atoms with van der Waals surface area (Å²) in [5.41, 5.74) is 2.15. The maximum absolute atomic E-state index is 13.2. The summed E-state index contributed by atoms with van der Waals surface area (Å²) < 4.78 is 15.1. The highest BCUT2D eigenvalue weighted by Crippen LogP contribution is 2.28. The first-order valence-corrected chi connectivity index (χ1v) is 9.76. The molecule has 2 aromatic carbocycles. The first-order valence-electron chi connectivity index (χ1n) is 9.76. The van der Waals surface area contributed by atoms with E-state index in [0.717, 1.165) is 44.1 Å². The molecule has 0 spiro atoms. The van der Waals surface area contributed by atoms with Gasteiger partial charge in [-0.1, -0.05) is 49.4 Å². The maximum atomic E-state index is 13.2. The van der Waals surface area contributed by atoms with Gasteiger partial charge in [0, 0.05) is 26.2 Å². The number of aromatic nitrogens is 4. The van der Waals surface area contributed by atoms with Crippen molar-refractivity contribution in [2.45, 2.75) is 19.5 Å². The van der Waals surface area contributed by atoms with E-state index >= 15 is 0 Å². The zero-order valence-electron chi connectivity index (χ0n) is 16.1. The summed E-state index contributed by atoms with van der Waals surface area (Å²) in [4.78, 5) is 4.91. The van der Waals surface area contributed by atoms with Gasteiger partial charge in [0.2, 0.25) is 0 Å². The molecule has 1 atom stereocenters. The minimum absolute atomic E-state index is 0.00402. The Morgan fingerprint density at radius 3 is 2.36 bits per heavy atom. The first kappa shape index (κ1) is 18.7. The SMILES string of the molecule is CCN1CCN(C(c2ccccc2)c2nnnn2Cc2ccc(F)cc2)CC1. The van der Waals surface area contributed by atoms with E-state index in [2.05, 4.69) is 56.5 Å². The Kier molecular flexibility index (Phi) is 5.73. The number of nitrogens with zero attached hydrogens (tertiary/aromatic N) is 6. The molecule has 4 rings (SSSR count). The van der Waals surface area contributed by atoms with E-state index in [1.54, 1.807) is 12.1 Å². The van der Waals surface area contributed by atoms with Gasteiger partial charge in [0.15, 0.2) is 5.82 Å². The van der Waals surface area contributed by atoms with Crippen molar-refractivity contribution in [1.82, 2.24) is 30.0 Å². The summed E-state index contributed by atoms with van der Waals surface area (Å²) in [7, 11) is 0. The number of rotatable bonds is 6. The summed E-state index contributed by atoms with van der Waals surface area (Å²) in [6.07, 6.45) is 0. The van der Waals surface area contributed by atoms with Crippen molar-refractivity contribution in [3.05, 3.63) is 77.4 Å². The lowest BCUT2D eigenvalue weighted by molar-refractivity contribution is 0.108. The van der Waals surface area contributed by atoms with Crippen LogP contribution in [0.15, 0.2) is 54.6 Å². The largest absolute Gasteiger partial charge is 0.301 e. The monoisotopic (exact) mass is 380 g/mol. The molecule has 28 heavy (non-hydrogen) atoms. The van der Waals surface area contributed by atoms with Gasteiger partial charge in [-0.05, 0) is 40.2 Å². The topological polar surface area (TPSA) is 50.1 Å². The van der Waals surface area contributed by atoms with E-state index in [9.17, 15) is 4.39 Å². The molecule has 3 aromatic rings. The molecule has 0 amide bonds. The van der Waals surface area contributed by atoms with Gasteiger partial charge in [-0.2, -0.15) is 0 Å². The Bertz CT molecular complexity index is 871. The van der Waals surface area contributed by atoms with Crippen LogP contribution in [0, 0.1) is 5.82 Å². The van der Waals surface area contributed by atoms with Crippen LogP contribution in [0.2, 0.25) is 0 Å². The van der Waals surface area contributed by atoms with E-state index in [0.29, 0.717) is 6.54 Å². The molecule has 0 N–H and O–H groups in total. The van der Waals surface area contributed by atoms with Crippen molar-refractivity contribution in [3.63, 3.8) is 0 Å². The zero-order valence-corrected chi connectivity index (χ0v) is 16.1. The molecule has 2 heterocycles. The van der Waals surface area contributed by atoms with Crippen molar-refractivity contribution in [1.29, 1.82) is 0 Å². The Balaban J connectivity index is 1.64. The van der Waals surface area contributed by atoms with Gasteiger partial charge in [0.05, 0.1) is 12.6 Å². The van der Waals surface area contributed by atoms with Gasteiger partial charge in [0.25, 0.3) is 0 Å². The number of benzene rings is 2. The maximum Gasteiger partial charge on any atom is 0.173 e. The average Bonchev–Trinajstić information content (AvgIpc) is 3.19. The molecule has 0 radical (unpaired) electrons. The molecule has 0 saturated carbocycles. The second-order valence-corrected chi connectivity index (χ2v) is 7.10. The molecule has 1 fully saturated rings. The summed E-state index contributed by atoms with van der Waals surface area (Å²) in [6.45, 7) is 7.81. The number of hydrogen-bond acceptors (Lipinski definition) is 5. The highest BCUT2D eigenvalue weighted by Gasteiger charge is 2.30. The zero-order chi connectivity index (χ0) is 19.3. The molecule has 7 heteroatoms. The molecular weight excluding hydrogens is 355 g/mol. The minimum atomic E-state index is -0.239. The lowest BCUT2D eigenvalue weighted by Gasteiger charge is -2.38. The number of likely N-dealkylation sites (N-methyl/N-ethyl adjacent to an activating group) is 1. The third kappa shape index (κ3) is 4.10. The van der Waals surface area contributed by atoms with Crippen LogP contribution < -0.4 is 0 Å². The molecule has 1 aliphatic rings. The highest BCUT2D eigenvalue weighted by molar-refractivity contribution is 5.25. The molecule has 6 nitrogen and oxygen atoms in total. The predicted molar refractivity (Wildman–Crippen MR) is 105 cm³/mol. The molecule has 0 bridgehead atoms. The van der Waals surface area contributed by atoms with Crippen LogP contribution in [0.3, 0.4) is 0 Å². The van der Waals surface area contributed by atoms with Gasteiger partial charge >= 0.3 is 0 Å². The van der Waals surface area contributed by atoms with Crippen LogP contribution >= 0.6 is 0 Å². The van der Waals surface area contributed by atoms with Crippen molar-refractivity contribution in [2.75, 3.05) is 32.7 Å². The molecular formula is C21H25FN6. The molecule has 1 unspecified atom stereocenters. The van der Waals surface area contributed by atoms with E-state index in [-0.39, 0.29) is 11.9 Å². The Labute approximate surface area is 164 Å². The summed E-state index contributed by atoms with van der Waals surface area (Å²) >= 11 is 0. The van der Waals surface area contributed by atoms with Gasteiger partial charge < -0.3 is 4.90 Å². The predicted octanol–water partition coefficient (Wildman–Crippen LogP) is 2.59. The number of tetrazole rings is 1. The molecule has 1 saturated heterocycles. The average molecular weight is 380 g/mol. The van der Waals surface area contributed by atoms with Gasteiger partial charge in [-0.25, -0.2) is 9.07 Å². The standard InChI is InChI=1S/C21H25FN6/c1-2-26-12-14-27(15-13-26)20(18-6-4-3-5-7-18)21-23-24-25-28(21)16-17-8-10-19(22)11-9-17/h3-11,20H,2,12-16H2,1H3. The molecule has 0 aliphatic carbocycles. The Morgan fingerprint density at radius 2 is 1.68 bits per heavy atom. The van der Waals surface area contributed by atoms with Crippen LogP contribution in [0.1, 0.15) is 29.9 Å². The van der Waals surface area contributed by atoms with Crippen molar-refractivity contribution in [2.24, 2.45) is 0 Å². The lowest BCUT2D eigenvalue weighted by Crippen LogP contribution is -2.48. The molecule has 1 aliphatic heterocycles. The quantitative estimate of drug-likeness (QED) is 0.658. The van der Waals surface area contributed by atoms with Crippen LogP contribution in [-0.4, -0.2) is 62.7 Å². The highest BCUT2D eigenvalue weighted by atomic mass is 19.1.